The third kappa shape index (κ3) is 3.94. The molecule has 3 aromatic rings. The summed E-state index contributed by atoms with van der Waals surface area (Å²) >= 11 is 1.73. The lowest BCUT2D eigenvalue weighted by Gasteiger charge is -2.11. The smallest absolute Gasteiger partial charge is 0.293 e. The summed E-state index contributed by atoms with van der Waals surface area (Å²) < 4.78 is 23.3. The molecule has 0 fully saturated rings. The van der Waals surface area contributed by atoms with E-state index in [2.05, 4.69) is 20.6 Å². The number of sulfone groups is 1. The molecule has 0 bridgehead atoms. The van der Waals surface area contributed by atoms with Crippen molar-refractivity contribution in [3.8, 4) is 0 Å². The molecule has 0 radical (unpaired) electrons. The number of fused-ring (bicyclic) bond motifs is 3. The van der Waals surface area contributed by atoms with Crippen molar-refractivity contribution < 1.29 is 13.3 Å². The minimum absolute atomic E-state index is 0.0805. The van der Waals surface area contributed by atoms with E-state index in [1.807, 2.05) is 6.92 Å². The van der Waals surface area contributed by atoms with E-state index in [9.17, 15) is 18.5 Å². The summed E-state index contributed by atoms with van der Waals surface area (Å²) in [7, 11) is -3.52. The molecule has 0 spiro atoms. The average Bonchev–Trinajstić information content (AvgIpc) is 3.24. The molecule has 1 aromatic carbocycles. The Hall–Kier alpha value is -2.79. The van der Waals surface area contributed by atoms with Gasteiger partial charge in [0.2, 0.25) is 0 Å². The van der Waals surface area contributed by atoms with Crippen molar-refractivity contribution in [2.45, 2.75) is 31.1 Å². The van der Waals surface area contributed by atoms with E-state index in [-0.39, 0.29) is 16.3 Å². The second-order valence-electron chi connectivity index (χ2n) is 7.22. The normalized spacial score (nSPS) is 13.4. The number of nitrogens with zero attached hydrogens (tertiary/aromatic N) is 3. The van der Waals surface area contributed by atoms with Crippen molar-refractivity contribution in [3.63, 3.8) is 0 Å². The maximum Gasteiger partial charge on any atom is 0.293 e. The minimum Gasteiger partial charge on any atom is -0.378 e. The number of rotatable bonds is 7. The van der Waals surface area contributed by atoms with E-state index in [0.29, 0.717) is 18.9 Å². The molecule has 0 saturated carbocycles. The van der Waals surface area contributed by atoms with Crippen molar-refractivity contribution in [2.75, 3.05) is 30.0 Å². The van der Waals surface area contributed by atoms with Crippen molar-refractivity contribution in [1.82, 2.24) is 9.97 Å². The fourth-order valence-corrected chi connectivity index (χ4v) is 5.60. The maximum atomic E-state index is 11.7. The van der Waals surface area contributed by atoms with Gasteiger partial charge in [-0.2, -0.15) is 0 Å². The van der Waals surface area contributed by atoms with E-state index in [1.54, 1.807) is 11.3 Å². The fourth-order valence-electron chi connectivity index (χ4n) is 3.65. The molecule has 0 amide bonds. The predicted octanol–water partition coefficient (Wildman–Crippen LogP) is 3.32. The zero-order valence-corrected chi connectivity index (χ0v) is 18.2. The van der Waals surface area contributed by atoms with Gasteiger partial charge in [0.15, 0.2) is 9.84 Å². The number of nitro benzene ring substituents is 1. The molecule has 0 aliphatic heterocycles. The fraction of sp³-hybridized carbons (Fsp3) is 0.368. The van der Waals surface area contributed by atoms with Crippen LogP contribution in [0.5, 0.6) is 0 Å². The lowest BCUT2D eigenvalue weighted by molar-refractivity contribution is -0.384. The first-order chi connectivity index (χ1) is 14.2. The zero-order chi connectivity index (χ0) is 21.5. The van der Waals surface area contributed by atoms with Gasteiger partial charge in [0.1, 0.15) is 22.2 Å². The van der Waals surface area contributed by atoms with Crippen LogP contribution in [0.15, 0.2) is 23.1 Å². The Morgan fingerprint density at radius 2 is 1.97 bits per heavy atom. The molecule has 2 aromatic heterocycles. The molecular weight excluding hydrogens is 426 g/mol. The van der Waals surface area contributed by atoms with Crippen LogP contribution < -0.4 is 10.6 Å². The number of nitro groups is 1. The number of thiophene rings is 1. The van der Waals surface area contributed by atoms with Crippen molar-refractivity contribution >= 4 is 48.6 Å². The standard InChI is InChI=1S/C19H21N5O4S2/c1-11-22-18(17-13-4-3-5-16(13)29-19(17)23-11)21-9-8-20-14-7-6-12(30(2,27)28)10-15(14)24(25)26/h6-7,10,20H,3-5,8-9H2,1-2H3,(H,21,22,23). The summed E-state index contributed by atoms with van der Waals surface area (Å²) in [6.45, 7) is 2.75. The number of aromatic nitrogens is 2. The Balaban J connectivity index is 1.49. The first-order valence-electron chi connectivity index (χ1n) is 9.49. The molecule has 2 N–H and O–H groups in total. The highest BCUT2D eigenvalue weighted by atomic mass is 32.2. The number of nitrogens with one attached hydrogen (secondary N) is 2. The van der Waals surface area contributed by atoms with E-state index in [0.717, 1.165) is 47.6 Å². The van der Waals surface area contributed by atoms with Gasteiger partial charge in [-0.1, -0.05) is 0 Å². The molecule has 0 atom stereocenters. The summed E-state index contributed by atoms with van der Waals surface area (Å²) in [5.74, 6) is 1.49. The lowest BCUT2D eigenvalue weighted by atomic mass is 10.2. The number of hydrogen-bond donors (Lipinski definition) is 2. The molecule has 0 unspecified atom stereocenters. The second-order valence-corrected chi connectivity index (χ2v) is 10.3. The Labute approximate surface area is 177 Å². The second kappa shape index (κ2) is 7.80. The van der Waals surface area contributed by atoms with Gasteiger partial charge < -0.3 is 10.6 Å². The Kier molecular flexibility index (Phi) is 5.33. The Morgan fingerprint density at radius 1 is 1.20 bits per heavy atom. The van der Waals surface area contributed by atoms with Gasteiger partial charge in [-0.05, 0) is 43.9 Å². The maximum absolute atomic E-state index is 11.7. The van der Waals surface area contributed by atoms with Crippen LogP contribution in [0.4, 0.5) is 17.2 Å². The van der Waals surface area contributed by atoms with E-state index < -0.39 is 14.8 Å². The topological polar surface area (TPSA) is 127 Å². The van der Waals surface area contributed by atoms with Crippen molar-refractivity contribution in [2.24, 2.45) is 0 Å². The van der Waals surface area contributed by atoms with Crippen LogP contribution in [-0.2, 0) is 22.7 Å². The SMILES string of the molecule is Cc1nc(NCCNc2ccc(S(C)(=O)=O)cc2[N+](=O)[O-])c2c3c(sc2n1)CCC3. The predicted molar refractivity (Wildman–Crippen MR) is 117 cm³/mol. The molecule has 1 aliphatic carbocycles. The molecule has 30 heavy (non-hydrogen) atoms. The summed E-state index contributed by atoms with van der Waals surface area (Å²) in [6, 6.07) is 3.87. The monoisotopic (exact) mass is 447 g/mol. The summed E-state index contributed by atoms with van der Waals surface area (Å²) in [5, 5.41) is 18.8. The zero-order valence-electron chi connectivity index (χ0n) is 16.6. The minimum atomic E-state index is -3.52. The molecule has 1 aliphatic rings. The number of anilines is 2. The summed E-state index contributed by atoms with van der Waals surface area (Å²) in [6.07, 6.45) is 4.30. The third-order valence-electron chi connectivity index (χ3n) is 5.00. The molecule has 4 rings (SSSR count). The highest BCUT2D eigenvalue weighted by Gasteiger charge is 2.22. The first kappa shape index (κ1) is 20.5. The summed E-state index contributed by atoms with van der Waals surface area (Å²) in [4.78, 5) is 22.2. The van der Waals surface area contributed by atoms with E-state index in [1.165, 1.54) is 22.6 Å². The van der Waals surface area contributed by atoms with Crippen molar-refractivity contribution in [1.29, 1.82) is 0 Å². The van der Waals surface area contributed by atoms with Gasteiger partial charge in [-0.3, -0.25) is 10.1 Å². The van der Waals surface area contributed by atoms with Crippen LogP contribution >= 0.6 is 11.3 Å². The Morgan fingerprint density at radius 3 is 2.70 bits per heavy atom. The van der Waals surface area contributed by atoms with Crippen LogP contribution in [0, 0.1) is 17.0 Å². The van der Waals surface area contributed by atoms with Crippen LogP contribution in [0.3, 0.4) is 0 Å². The van der Waals surface area contributed by atoms with Crippen LogP contribution in [0.2, 0.25) is 0 Å². The first-order valence-corrected chi connectivity index (χ1v) is 12.2. The van der Waals surface area contributed by atoms with Crippen LogP contribution in [0.1, 0.15) is 22.7 Å². The van der Waals surface area contributed by atoms with E-state index in [4.69, 9.17) is 0 Å². The quantitative estimate of drug-likeness (QED) is 0.321. The number of aryl methyl sites for hydroxylation is 3. The van der Waals surface area contributed by atoms with E-state index >= 15 is 0 Å². The number of hydrogen-bond acceptors (Lipinski definition) is 9. The van der Waals surface area contributed by atoms with Gasteiger partial charge in [0.05, 0.1) is 15.2 Å². The number of benzene rings is 1. The van der Waals surface area contributed by atoms with Gasteiger partial charge in [-0.25, -0.2) is 18.4 Å². The molecule has 9 nitrogen and oxygen atoms in total. The average molecular weight is 448 g/mol. The van der Waals surface area contributed by atoms with Gasteiger partial charge in [0, 0.05) is 30.3 Å². The van der Waals surface area contributed by atoms with Crippen LogP contribution in [-0.4, -0.2) is 42.7 Å². The van der Waals surface area contributed by atoms with Gasteiger partial charge in [-0.15, -0.1) is 11.3 Å². The Bertz CT molecular complexity index is 1250. The molecule has 11 heteroatoms. The molecule has 158 valence electrons. The molecular formula is C19H21N5O4S2. The largest absolute Gasteiger partial charge is 0.378 e. The molecule has 0 saturated heterocycles. The van der Waals surface area contributed by atoms with Gasteiger partial charge in [0.25, 0.3) is 5.69 Å². The van der Waals surface area contributed by atoms with Gasteiger partial charge >= 0.3 is 0 Å². The highest BCUT2D eigenvalue weighted by molar-refractivity contribution is 7.90. The highest BCUT2D eigenvalue weighted by Crippen LogP contribution is 2.39. The molecule has 2 heterocycles. The lowest BCUT2D eigenvalue weighted by Crippen LogP contribution is -2.16. The third-order valence-corrected chi connectivity index (χ3v) is 7.30. The van der Waals surface area contributed by atoms with Crippen LogP contribution in [0.25, 0.3) is 10.2 Å². The van der Waals surface area contributed by atoms with Crippen molar-refractivity contribution in [3.05, 3.63) is 44.6 Å². The summed E-state index contributed by atoms with van der Waals surface area (Å²) in [5.41, 5.74) is 1.33.